The number of ether oxygens (including phenoxy) is 1. The van der Waals surface area contributed by atoms with Crippen molar-refractivity contribution in [2.75, 3.05) is 19.0 Å². The number of benzene rings is 1. The summed E-state index contributed by atoms with van der Waals surface area (Å²) in [5.74, 6) is 0.243. The lowest BCUT2D eigenvalue weighted by molar-refractivity contribution is -0.116. The molecule has 0 bridgehead atoms. The van der Waals surface area contributed by atoms with Crippen LogP contribution in [0.2, 0.25) is 0 Å². The van der Waals surface area contributed by atoms with Crippen molar-refractivity contribution in [1.82, 2.24) is 19.5 Å². The maximum Gasteiger partial charge on any atom is 0.240 e. The number of pyridine rings is 1. The second kappa shape index (κ2) is 7.95. The largest absolute Gasteiger partial charge is 0.497 e. The Hall–Kier alpha value is -2.98. The van der Waals surface area contributed by atoms with Crippen LogP contribution in [0.25, 0.3) is 11.0 Å². The van der Waals surface area contributed by atoms with Crippen LogP contribution in [0.15, 0.2) is 41.4 Å². The highest BCUT2D eigenvalue weighted by molar-refractivity contribution is 7.89. The Morgan fingerprint density at radius 2 is 1.96 bits per heavy atom. The number of hydrogen-bond donors (Lipinski definition) is 2. The fourth-order valence-electron chi connectivity index (χ4n) is 2.74. The Balaban J connectivity index is 1.57. The molecule has 0 spiro atoms. The zero-order valence-electron chi connectivity index (χ0n) is 15.8. The van der Waals surface area contributed by atoms with E-state index in [1.165, 1.54) is 19.2 Å². The molecule has 0 unspecified atom stereocenters. The van der Waals surface area contributed by atoms with Crippen molar-refractivity contribution in [2.24, 2.45) is 7.05 Å². The van der Waals surface area contributed by atoms with E-state index in [0.717, 1.165) is 16.7 Å². The van der Waals surface area contributed by atoms with Gasteiger partial charge in [0.1, 0.15) is 5.75 Å². The second-order valence-electron chi connectivity index (χ2n) is 6.18. The topological polar surface area (TPSA) is 115 Å². The number of carbonyl (C=O) groups excluding carboxylic acids is 1. The van der Waals surface area contributed by atoms with Gasteiger partial charge < -0.3 is 10.1 Å². The molecule has 10 heteroatoms. The Labute approximate surface area is 162 Å². The molecule has 3 rings (SSSR count). The number of aromatic nitrogens is 3. The Kier molecular flexibility index (Phi) is 5.61. The Morgan fingerprint density at radius 1 is 1.25 bits per heavy atom. The van der Waals surface area contributed by atoms with Crippen LogP contribution in [0.3, 0.4) is 0 Å². The molecule has 2 N–H and O–H groups in total. The van der Waals surface area contributed by atoms with Gasteiger partial charge in [-0.25, -0.2) is 18.1 Å². The number of amides is 1. The molecule has 0 aliphatic rings. The molecule has 0 fully saturated rings. The fraction of sp³-hybridized carbons (Fsp3) is 0.278. The molecule has 0 aliphatic heterocycles. The SMILES string of the molecule is COc1ccc(S(=O)(=O)NCCC(=O)Nc2cnc3c(c2)c(C)nn3C)cc1. The molecule has 1 aromatic carbocycles. The van der Waals surface area contributed by atoms with Crippen LogP contribution in [0.1, 0.15) is 12.1 Å². The molecule has 2 heterocycles. The van der Waals surface area contributed by atoms with Gasteiger partial charge in [-0.05, 0) is 37.3 Å². The number of sulfonamides is 1. The van der Waals surface area contributed by atoms with Gasteiger partial charge in [0.05, 0.1) is 29.6 Å². The molecule has 3 aromatic rings. The predicted octanol–water partition coefficient (Wildman–Crippen LogP) is 1.59. The number of carbonyl (C=O) groups is 1. The first-order valence-corrected chi connectivity index (χ1v) is 10.0. The van der Waals surface area contributed by atoms with Gasteiger partial charge in [-0.1, -0.05) is 0 Å². The van der Waals surface area contributed by atoms with Crippen molar-refractivity contribution in [3.63, 3.8) is 0 Å². The van der Waals surface area contributed by atoms with Crippen LogP contribution in [0.5, 0.6) is 5.75 Å². The van der Waals surface area contributed by atoms with Gasteiger partial charge in [-0.15, -0.1) is 0 Å². The van der Waals surface area contributed by atoms with Crippen LogP contribution in [0.4, 0.5) is 5.69 Å². The smallest absolute Gasteiger partial charge is 0.240 e. The van der Waals surface area contributed by atoms with Gasteiger partial charge in [0.15, 0.2) is 5.65 Å². The number of anilines is 1. The molecule has 0 saturated carbocycles. The first-order valence-electron chi connectivity index (χ1n) is 8.53. The minimum atomic E-state index is -3.69. The van der Waals surface area contributed by atoms with Crippen LogP contribution in [0, 0.1) is 6.92 Å². The molecule has 28 heavy (non-hydrogen) atoms. The number of rotatable bonds is 7. The zero-order chi connectivity index (χ0) is 20.3. The monoisotopic (exact) mass is 403 g/mol. The lowest BCUT2D eigenvalue weighted by atomic mass is 10.2. The standard InChI is InChI=1S/C18H21N5O4S/c1-12-16-10-13(11-19-18(16)23(2)22-12)21-17(24)8-9-20-28(25,26)15-6-4-14(27-3)5-7-15/h4-7,10-11,20H,8-9H2,1-3H3,(H,21,24). The summed E-state index contributed by atoms with van der Waals surface area (Å²) in [7, 11) is -0.390. The minimum Gasteiger partial charge on any atom is -0.497 e. The molecule has 0 radical (unpaired) electrons. The summed E-state index contributed by atoms with van der Waals surface area (Å²) in [5, 5.41) is 7.85. The van der Waals surface area contributed by atoms with Gasteiger partial charge in [-0.2, -0.15) is 5.10 Å². The number of fused-ring (bicyclic) bond motifs is 1. The summed E-state index contributed by atoms with van der Waals surface area (Å²) in [6.07, 6.45) is 1.53. The summed E-state index contributed by atoms with van der Waals surface area (Å²) >= 11 is 0. The van der Waals surface area contributed by atoms with E-state index in [1.807, 2.05) is 6.92 Å². The average molecular weight is 403 g/mol. The van der Waals surface area contributed by atoms with E-state index >= 15 is 0 Å². The van der Waals surface area contributed by atoms with Gasteiger partial charge >= 0.3 is 0 Å². The van der Waals surface area contributed by atoms with Crippen molar-refractivity contribution in [2.45, 2.75) is 18.2 Å². The Morgan fingerprint density at radius 3 is 2.64 bits per heavy atom. The molecule has 2 aromatic heterocycles. The van der Waals surface area contributed by atoms with Crippen LogP contribution >= 0.6 is 0 Å². The number of methoxy groups -OCH3 is 1. The third kappa shape index (κ3) is 4.29. The first-order chi connectivity index (χ1) is 13.3. The summed E-state index contributed by atoms with van der Waals surface area (Å²) in [5.41, 5.74) is 2.07. The number of hydrogen-bond acceptors (Lipinski definition) is 6. The molecular weight excluding hydrogens is 382 g/mol. The highest BCUT2D eigenvalue weighted by Gasteiger charge is 2.15. The van der Waals surface area contributed by atoms with E-state index in [9.17, 15) is 13.2 Å². The minimum absolute atomic E-state index is 0.0144. The molecule has 0 aliphatic carbocycles. The molecule has 9 nitrogen and oxygen atoms in total. The number of nitrogens with zero attached hydrogens (tertiary/aromatic N) is 3. The maximum absolute atomic E-state index is 12.3. The zero-order valence-corrected chi connectivity index (χ0v) is 16.6. The summed E-state index contributed by atoms with van der Waals surface area (Å²) in [6, 6.07) is 7.80. The molecule has 0 saturated heterocycles. The highest BCUT2D eigenvalue weighted by atomic mass is 32.2. The molecule has 0 atom stereocenters. The van der Waals surface area contributed by atoms with Crippen molar-refractivity contribution in [3.8, 4) is 5.75 Å². The number of nitrogens with one attached hydrogen (secondary N) is 2. The normalized spacial score (nSPS) is 11.5. The van der Waals surface area contributed by atoms with E-state index in [4.69, 9.17) is 4.74 Å². The highest BCUT2D eigenvalue weighted by Crippen LogP contribution is 2.19. The van der Waals surface area contributed by atoms with Gasteiger partial charge in [0.25, 0.3) is 0 Å². The third-order valence-corrected chi connectivity index (χ3v) is 5.64. The van der Waals surface area contributed by atoms with E-state index in [0.29, 0.717) is 11.4 Å². The summed E-state index contributed by atoms with van der Waals surface area (Å²) in [6.45, 7) is 1.84. The quantitative estimate of drug-likeness (QED) is 0.619. The summed E-state index contributed by atoms with van der Waals surface area (Å²) in [4.78, 5) is 16.5. The second-order valence-corrected chi connectivity index (χ2v) is 7.94. The van der Waals surface area contributed by atoms with Crippen molar-refractivity contribution < 1.29 is 17.9 Å². The van der Waals surface area contributed by atoms with Crippen molar-refractivity contribution >= 4 is 32.7 Å². The van der Waals surface area contributed by atoms with Crippen molar-refractivity contribution in [3.05, 3.63) is 42.2 Å². The summed E-state index contributed by atoms with van der Waals surface area (Å²) < 4.78 is 33.6. The fourth-order valence-corrected chi connectivity index (χ4v) is 3.77. The third-order valence-electron chi connectivity index (χ3n) is 4.16. The Bertz CT molecular complexity index is 1110. The van der Waals surface area contributed by atoms with E-state index in [2.05, 4.69) is 20.1 Å². The van der Waals surface area contributed by atoms with E-state index < -0.39 is 10.0 Å². The van der Waals surface area contributed by atoms with Gasteiger partial charge in [0, 0.05) is 25.4 Å². The molecular formula is C18H21N5O4S. The lowest BCUT2D eigenvalue weighted by Gasteiger charge is -2.08. The predicted molar refractivity (Wildman–Crippen MR) is 105 cm³/mol. The van der Waals surface area contributed by atoms with Crippen LogP contribution in [-0.2, 0) is 21.9 Å². The van der Waals surface area contributed by atoms with E-state index in [-0.39, 0.29) is 23.8 Å². The first kappa shape index (κ1) is 19.8. The van der Waals surface area contributed by atoms with Crippen LogP contribution < -0.4 is 14.8 Å². The number of aryl methyl sites for hydroxylation is 2. The van der Waals surface area contributed by atoms with Gasteiger partial charge in [0.2, 0.25) is 15.9 Å². The van der Waals surface area contributed by atoms with Crippen LogP contribution in [-0.4, -0.2) is 42.7 Å². The molecule has 1 amide bonds. The van der Waals surface area contributed by atoms with Gasteiger partial charge in [-0.3, -0.25) is 9.48 Å². The van der Waals surface area contributed by atoms with Crippen molar-refractivity contribution in [1.29, 1.82) is 0 Å². The maximum atomic E-state index is 12.3. The molecule has 148 valence electrons. The lowest BCUT2D eigenvalue weighted by Crippen LogP contribution is -2.27. The van der Waals surface area contributed by atoms with E-state index in [1.54, 1.807) is 36.1 Å². The average Bonchev–Trinajstić information content (AvgIpc) is 2.95.